The van der Waals surface area contributed by atoms with Crippen molar-refractivity contribution in [3.63, 3.8) is 0 Å². The van der Waals surface area contributed by atoms with Crippen LogP contribution < -0.4 is 16.8 Å². The average molecular weight is 235 g/mol. The Kier molecular flexibility index (Phi) is 4.37. The van der Waals surface area contributed by atoms with Crippen molar-refractivity contribution < 1.29 is 4.79 Å². The molecule has 1 unspecified atom stereocenters. The second-order valence-electron chi connectivity index (χ2n) is 4.57. The summed E-state index contributed by atoms with van der Waals surface area (Å²) in [6, 6.07) is 5.50. The number of benzene rings is 1. The third-order valence-corrected chi connectivity index (χ3v) is 2.89. The molecule has 1 aromatic carbocycles. The van der Waals surface area contributed by atoms with E-state index in [4.69, 9.17) is 11.5 Å². The molecular formula is C13H21N3O. The molecule has 1 rings (SSSR count). The van der Waals surface area contributed by atoms with Gasteiger partial charge in [0.1, 0.15) is 0 Å². The molecule has 1 aromatic rings. The van der Waals surface area contributed by atoms with Gasteiger partial charge in [-0.15, -0.1) is 0 Å². The fraction of sp³-hybridized carbons (Fsp3) is 0.462. The highest BCUT2D eigenvalue weighted by Crippen LogP contribution is 2.21. The Morgan fingerprint density at radius 3 is 2.53 bits per heavy atom. The molecule has 0 aliphatic heterocycles. The van der Waals surface area contributed by atoms with Gasteiger partial charge in [0.05, 0.1) is 5.56 Å². The van der Waals surface area contributed by atoms with Gasteiger partial charge in [0.15, 0.2) is 0 Å². The van der Waals surface area contributed by atoms with E-state index in [1.165, 1.54) is 0 Å². The number of nitrogen functional groups attached to an aromatic ring is 1. The summed E-state index contributed by atoms with van der Waals surface area (Å²) >= 11 is 0. The molecule has 4 nitrogen and oxygen atoms in total. The van der Waals surface area contributed by atoms with Crippen molar-refractivity contribution in [2.45, 2.75) is 33.2 Å². The highest BCUT2D eigenvalue weighted by atomic mass is 16.1. The van der Waals surface area contributed by atoms with E-state index >= 15 is 0 Å². The van der Waals surface area contributed by atoms with Gasteiger partial charge >= 0.3 is 0 Å². The molecule has 0 heterocycles. The molecule has 0 spiro atoms. The highest BCUT2D eigenvalue weighted by molar-refractivity contribution is 5.99. The topological polar surface area (TPSA) is 81.1 Å². The molecule has 0 saturated carbocycles. The van der Waals surface area contributed by atoms with Gasteiger partial charge in [-0.2, -0.15) is 0 Å². The molecule has 0 aliphatic carbocycles. The summed E-state index contributed by atoms with van der Waals surface area (Å²) < 4.78 is 0. The number of hydrogen-bond acceptors (Lipinski definition) is 3. The van der Waals surface area contributed by atoms with Gasteiger partial charge < -0.3 is 16.8 Å². The Morgan fingerprint density at radius 1 is 1.41 bits per heavy atom. The summed E-state index contributed by atoms with van der Waals surface area (Å²) in [5, 5.41) is 3.35. The molecule has 0 fully saturated rings. The Bertz CT molecular complexity index is 402. The second kappa shape index (κ2) is 5.57. The van der Waals surface area contributed by atoms with E-state index in [-0.39, 0.29) is 0 Å². The predicted octanol–water partition coefficient (Wildman–Crippen LogP) is 2.21. The quantitative estimate of drug-likeness (QED) is 0.684. The van der Waals surface area contributed by atoms with Crippen LogP contribution in [0.2, 0.25) is 0 Å². The molecule has 0 bridgehead atoms. The summed E-state index contributed by atoms with van der Waals surface area (Å²) in [6.07, 6.45) is 0.986. The molecule has 1 amide bonds. The summed E-state index contributed by atoms with van der Waals surface area (Å²) in [7, 11) is 0. The van der Waals surface area contributed by atoms with E-state index < -0.39 is 5.91 Å². The van der Waals surface area contributed by atoms with Crippen LogP contribution in [0.15, 0.2) is 18.2 Å². The molecule has 4 heteroatoms. The lowest BCUT2D eigenvalue weighted by molar-refractivity contribution is 0.100. The van der Waals surface area contributed by atoms with E-state index in [1.54, 1.807) is 18.2 Å². The number of nitrogens with two attached hydrogens (primary N) is 2. The van der Waals surface area contributed by atoms with Crippen LogP contribution in [0.25, 0.3) is 0 Å². The minimum Gasteiger partial charge on any atom is -0.399 e. The van der Waals surface area contributed by atoms with E-state index in [9.17, 15) is 4.79 Å². The number of nitrogens with one attached hydrogen (secondary N) is 1. The van der Waals surface area contributed by atoms with Gasteiger partial charge in [0.25, 0.3) is 5.91 Å². The van der Waals surface area contributed by atoms with Gasteiger partial charge in [-0.3, -0.25) is 4.79 Å². The standard InChI is InChI=1S/C13H21N3O/c1-4-11(8(2)3)16-12-6-5-9(14)7-10(12)13(15)17/h5-8,11,16H,4,14H2,1-3H3,(H2,15,17). The SMILES string of the molecule is CCC(Nc1ccc(N)cc1C(N)=O)C(C)C. The van der Waals surface area contributed by atoms with Crippen molar-refractivity contribution in [1.29, 1.82) is 0 Å². The van der Waals surface area contributed by atoms with Crippen LogP contribution >= 0.6 is 0 Å². The van der Waals surface area contributed by atoms with Gasteiger partial charge in [0, 0.05) is 17.4 Å². The van der Waals surface area contributed by atoms with Crippen LogP contribution in [-0.4, -0.2) is 11.9 Å². The normalized spacial score (nSPS) is 12.5. The second-order valence-corrected chi connectivity index (χ2v) is 4.57. The Labute approximate surface area is 102 Å². The van der Waals surface area contributed by atoms with Crippen LogP contribution in [0.1, 0.15) is 37.6 Å². The molecular weight excluding hydrogens is 214 g/mol. The summed E-state index contributed by atoms with van der Waals surface area (Å²) in [6.45, 7) is 6.39. The smallest absolute Gasteiger partial charge is 0.250 e. The number of hydrogen-bond donors (Lipinski definition) is 3. The summed E-state index contributed by atoms with van der Waals surface area (Å²) in [5.41, 5.74) is 12.7. The molecule has 5 N–H and O–H groups in total. The lowest BCUT2D eigenvalue weighted by atomic mass is 10.0. The third-order valence-electron chi connectivity index (χ3n) is 2.89. The predicted molar refractivity (Wildman–Crippen MR) is 71.9 cm³/mol. The largest absolute Gasteiger partial charge is 0.399 e. The molecule has 94 valence electrons. The number of rotatable bonds is 5. The first-order chi connectivity index (χ1) is 7.95. The zero-order chi connectivity index (χ0) is 13.0. The van der Waals surface area contributed by atoms with Gasteiger partial charge in [-0.1, -0.05) is 20.8 Å². The fourth-order valence-corrected chi connectivity index (χ4v) is 1.83. The Morgan fingerprint density at radius 2 is 2.06 bits per heavy atom. The van der Waals surface area contributed by atoms with Crippen LogP contribution in [-0.2, 0) is 0 Å². The Balaban J connectivity index is 3.01. The maximum Gasteiger partial charge on any atom is 0.250 e. The third kappa shape index (κ3) is 3.37. The van der Waals surface area contributed by atoms with E-state index in [0.717, 1.165) is 12.1 Å². The first-order valence-electron chi connectivity index (χ1n) is 5.91. The van der Waals surface area contributed by atoms with Crippen molar-refractivity contribution in [1.82, 2.24) is 0 Å². The van der Waals surface area contributed by atoms with E-state index in [2.05, 4.69) is 26.1 Å². The molecule has 1 atom stereocenters. The van der Waals surface area contributed by atoms with Crippen molar-refractivity contribution in [2.75, 3.05) is 11.1 Å². The van der Waals surface area contributed by atoms with Gasteiger partial charge in [0.2, 0.25) is 0 Å². The Hall–Kier alpha value is -1.71. The average Bonchev–Trinajstić information content (AvgIpc) is 2.26. The van der Waals surface area contributed by atoms with E-state index in [0.29, 0.717) is 23.2 Å². The first-order valence-corrected chi connectivity index (χ1v) is 5.91. The number of primary amides is 1. The molecule has 0 aliphatic rings. The zero-order valence-corrected chi connectivity index (χ0v) is 10.7. The van der Waals surface area contributed by atoms with Crippen molar-refractivity contribution >= 4 is 17.3 Å². The minimum atomic E-state index is -0.460. The lowest BCUT2D eigenvalue weighted by Gasteiger charge is -2.23. The number of carbonyl (C=O) groups is 1. The van der Waals surface area contributed by atoms with Crippen LogP contribution in [0, 0.1) is 5.92 Å². The van der Waals surface area contributed by atoms with Crippen molar-refractivity contribution in [2.24, 2.45) is 11.7 Å². The minimum absolute atomic E-state index is 0.316. The zero-order valence-electron chi connectivity index (χ0n) is 10.7. The van der Waals surface area contributed by atoms with Crippen molar-refractivity contribution in [3.8, 4) is 0 Å². The molecule has 0 radical (unpaired) electrons. The monoisotopic (exact) mass is 235 g/mol. The number of amides is 1. The number of anilines is 2. The van der Waals surface area contributed by atoms with Crippen LogP contribution in [0.4, 0.5) is 11.4 Å². The van der Waals surface area contributed by atoms with Crippen molar-refractivity contribution in [3.05, 3.63) is 23.8 Å². The molecule has 0 saturated heterocycles. The lowest BCUT2D eigenvalue weighted by Crippen LogP contribution is -2.26. The fourth-order valence-electron chi connectivity index (χ4n) is 1.83. The first kappa shape index (κ1) is 13.4. The molecule has 17 heavy (non-hydrogen) atoms. The highest BCUT2D eigenvalue weighted by Gasteiger charge is 2.14. The van der Waals surface area contributed by atoms with E-state index in [1.807, 2.05) is 0 Å². The molecule has 0 aromatic heterocycles. The van der Waals surface area contributed by atoms with Crippen LogP contribution in [0.3, 0.4) is 0 Å². The van der Waals surface area contributed by atoms with Crippen LogP contribution in [0.5, 0.6) is 0 Å². The van der Waals surface area contributed by atoms with Gasteiger partial charge in [-0.25, -0.2) is 0 Å². The maximum atomic E-state index is 11.3. The van der Waals surface area contributed by atoms with Gasteiger partial charge in [-0.05, 0) is 30.5 Å². The number of carbonyl (C=O) groups excluding carboxylic acids is 1. The summed E-state index contributed by atoms with van der Waals surface area (Å²) in [4.78, 5) is 11.3. The maximum absolute atomic E-state index is 11.3. The summed E-state index contributed by atoms with van der Waals surface area (Å²) in [5.74, 6) is 0.0247.